The molecule has 4 aromatic heterocycles. The van der Waals surface area contributed by atoms with E-state index in [4.69, 9.17) is 5.26 Å². The number of nitrogens with zero attached hydrogens (tertiary/aromatic N) is 8. The maximum Gasteiger partial charge on any atom is 0.164 e. The summed E-state index contributed by atoms with van der Waals surface area (Å²) in [4.78, 5) is 8.89. The Bertz CT molecular complexity index is 1260. The predicted octanol–water partition coefficient (Wildman–Crippen LogP) is 2.32. The Labute approximate surface area is 172 Å². The average molecular weight is 403 g/mol. The molecule has 2 N–H and O–H groups in total. The molecule has 0 aromatic carbocycles. The van der Waals surface area contributed by atoms with Gasteiger partial charge in [-0.3, -0.25) is 0 Å². The van der Waals surface area contributed by atoms with Crippen molar-refractivity contribution in [3.63, 3.8) is 0 Å². The van der Waals surface area contributed by atoms with Crippen LogP contribution in [0.3, 0.4) is 0 Å². The standard InChI is InChI=1S/C20H21N9O/c1-12(2)25-15-6-18(29-19-14(9-24-29)5-13(7-21)8-23-19)22-10-16(15)28-11-17(26-27-28)20(3,4)30/h5-6,8-12,30H,1-4H3,(H,22,25). The molecular weight excluding hydrogens is 382 g/mol. The molecule has 10 nitrogen and oxygen atoms in total. The Balaban J connectivity index is 1.81. The minimum atomic E-state index is -1.10. The van der Waals surface area contributed by atoms with Crippen LogP contribution in [0.5, 0.6) is 0 Å². The van der Waals surface area contributed by atoms with E-state index in [2.05, 4.69) is 36.8 Å². The summed E-state index contributed by atoms with van der Waals surface area (Å²) in [6, 6.07) is 5.82. The van der Waals surface area contributed by atoms with Gasteiger partial charge in [-0.15, -0.1) is 5.10 Å². The van der Waals surface area contributed by atoms with Crippen LogP contribution in [0.4, 0.5) is 5.69 Å². The molecule has 0 saturated carbocycles. The number of hydrogen-bond donors (Lipinski definition) is 2. The lowest BCUT2D eigenvalue weighted by Crippen LogP contribution is -2.16. The lowest BCUT2D eigenvalue weighted by atomic mass is 10.1. The molecule has 0 atom stereocenters. The maximum atomic E-state index is 10.2. The number of aromatic nitrogens is 7. The number of pyridine rings is 2. The Hall–Kier alpha value is -3.84. The Morgan fingerprint density at radius 2 is 1.97 bits per heavy atom. The fourth-order valence-electron chi connectivity index (χ4n) is 2.97. The molecule has 0 unspecified atom stereocenters. The van der Waals surface area contributed by atoms with Gasteiger partial charge in [0.2, 0.25) is 0 Å². The largest absolute Gasteiger partial charge is 0.384 e. The number of nitriles is 1. The molecule has 10 heteroatoms. The minimum absolute atomic E-state index is 0.155. The van der Waals surface area contributed by atoms with Crippen LogP contribution in [0.1, 0.15) is 39.0 Å². The topological polar surface area (TPSA) is 130 Å². The van der Waals surface area contributed by atoms with Crippen molar-refractivity contribution in [2.24, 2.45) is 0 Å². The molecule has 0 fully saturated rings. The molecule has 0 radical (unpaired) electrons. The van der Waals surface area contributed by atoms with Gasteiger partial charge in [0.1, 0.15) is 23.1 Å². The maximum absolute atomic E-state index is 10.2. The first kappa shape index (κ1) is 19.5. The van der Waals surface area contributed by atoms with Crippen LogP contribution in [-0.4, -0.2) is 45.9 Å². The van der Waals surface area contributed by atoms with Gasteiger partial charge < -0.3 is 10.4 Å². The van der Waals surface area contributed by atoms with Gasteiger partial charge in [-0.1, -0.05) is 5.21 Å². The summed E-state index contributed by atoms with van der Waals surface area (Å²) >= 11 is 0. The monoisotopic (exact) mass is 403 g/mol. The zero-order valence-electron chi connectivity index (χ0n) is 17.1. The smallest absolute Gasteiger partial charge is 0.164 e. The first-order valence-electron chi connectivity index (χ1n) is 9.42. The van der Waals surface area contributed by atoms with E-state index < -0.39 is 5.60 Å². The third kappa shape index (κ3) is 3.58. The third-order valence-corrected chi connectivity index (χ3v) is 4.43. The summed E-state index contributed by atoms with van der Waals surface area (Å²) in [5.74, 6) is 0.567. The summed E-state index contributed by atoms with van der Waals surface area (Å²) in [5.41, 5.74) is 1.90. The lowest BCUT2D eigenvalue weighted by Gasteiger charge is -2.16. The fraction of sp³-hybridized carbons (Fsp3) is 0.300. The number of nitrogens with one attached hydrogen (secondary N) is 1. The first-order chi connectivity index (χ1) is 14.3. The van der Waals surface area contributed by atoms with Crippen molar-refractivity contribution in [1.29, 1.82) is 5.26 Å². The molecule has 0 bridgehead atoms. The molecule has 0 aliphatic carbocycles. The molecule has 0 aliphatic rings. The van der Waals surface area contributed by atoms with Crippen molar-refractivity contribution in [3.8, 4) is 17.6 Å². The van der Waals surface area contributed by atoms with Gasteiger partial charge in [-0.2, -0.15) is 15.0 Å². The van der Waals surface area contributed by atoms with Gasteiger partial charge in [-0.05, 0) is 33.8 Å². The lowest BCUT2D eigenvalue weighted by molar-refractivity contribution is 0.0737. The first-order valence-corrected chi connectivity index (χ1v) is 9.42. The van der Waals surface area contributed by atoms with E-state index in [1.165, 1.54) is 6.20 Å². The van der Waals surface area contributed by atoms with Crippen LogP contribution in [0.2, 0.25) is 0 Å². The number of hydrogen-bond acceptors (Lipinski definition) is 8. The molecular formula is C20H21N9O. The zero-order valence-corrected chi connectivity index (χ0v) is 17.1. The van der Waals surface area contributed by atoms with E-state index in [0.717, 1.165) is 11.1 Å². The number of fused-ring (bicyclic) bond motifs is 1. The second kappa shape index (κ2) is 7.20. The van der Waals surface area contributed by atoms with Gasteiger partial charge in [0, 0.05) is 23.7 Å². The quantitative estimate of drug-likeness (QED) is 0.519. The molecule has 4 rings (SSSR count). The van der Waals surface area contributed by atoms with Crippen LogP contribution in [0.15, 0.2) is 36.9 Å². The normalized spacial score (nSPS) is 11.8. The second-order valence-electron chi connectivity index (χ2n) is 7.77. The van der Waals surface area contributed by atoms with Gasteiger partial charge >= 0.3 is 0 Å². The predicted molar refractivity (Wildman–Crippen MR) is 110 cm³/mol. The average Bonchev–Trinajstić information content (AvgIpc) is 3.34. The molecule has 152 valence electrons. The molecule has 4 heterocycles. The molecule has 0 spiro atoms. The number of aliphatic hydroxyl groups is 1. The Morgan fingerprint density at radius 1 is 1.17 bits per heavy atom. The van der Waals surface area contributed by atoms with E-state index in [1.807, 2.05) is 19.9 Å². The molecule has 4 aromatic rings. The van der Waals surface area contributed by atoms with Crippen LogP contribution in [0, 0.1) is 11.3 Å². The second-order valence-corrected chi connectivity index (χ2v) is 7.77. The summed E-state index contributed by atoms with van der Waals surface area (Å²) in [6.45, 7) is 7.37. The van der Waals surface area contributed by atoms with Crippen molar-refractivity contribution < 1.29 is 5.11 Å². The molecule has 0 saturated heterocycles. The number of rotatable bonds is 5. The highest BCUT2D eigenvalue weighted by Crippen LogP contribution is 2.25. The van der Waals surface area contributed by atoms with Crippen LogP contribution in [-0.2, 0) is 5.60 Å². The fourth-order valence-corrected chi connectivity index (χ4v) is 2.97. The Morgan fingerprint density at radius 3 is 2.63 bits per heavy atom. The van der Waals surface area contributed by atoms with Crippen molar-refractivity contribution in [3.05, 3.63) is 48.2 Å². The summed E-state index contributed by atoms with van der Waals surface area (Å²) in [5, 5.41) is 36.0. The van der Waals surface area contributed by atoms with Crippen LogP contribution < -0.4 is 5.32 Å². The summed E-state index contributed by atoms with van der Waals surface area (Å²) in [6.07, 6.45) is 6.51. The zero-order chi connectivity index (χ0) is 21.5. The van der Waals surface area contributed by atoms with E-state index in [1.54, 1.807) is 47.9 Å². The van der Waals surface area contributed by atoms with Gasteiger partial charge in [0.15, 0.2) is 11.5 Å². The van der Waals surface area contributed by atoms with Gasteiger partial charge in [0.05, 0.1) is 29.8 Å². The van der Waals surface area contributed by atoms with Crippen molar-refractivity contribution in [2.45, 2.75) is 39.3 Å². The van der Waals surface area contributed by atoms with Crippen molar-refractivity contribution >= 4 is 16.7 Å². The Kier molecular flexibility index (Phi) is 4.67. The van der Waals surface area contributed by atoms with E-state index in [0.29, 0.717) is 28.4 Å². The highest BCUT2D eigenvalue weighted by atomic mass is 16.3. The molecule has 30 heavy (non-hydrogen) atoms. The van der Waals surface area contributed by atoms with Gasteiger partial charge in [0.25, 0.3) is 0 Å². The van der Waals surface area contributed by atoms with E-state index >= 15 is 0 Å². The summed E-state index contributed by atoms with van der Waals surface area (Å²) < 4.78 is 3.20. The van der Waals surface area contributed by atoms with E-state index in [9.17, 15) is 5.11 Å². The van der Waals surface area contributed by atoms with Crippen LogP contribution >= 0.6 is 0 Å². The van der Waals surface area contributed by atoms with Crippen molar-refractivity contribution in [2.75, 3.05) is 5.32 Å². The van der Waals surface area contributed by atoms with Gasteiger partial charge in [-0.25, -0.2) is 14.6 Å². The molecule has 0 amide bonds. The van der Waals surface area contributed by atoms with Crippen LogP contribution in [0.25, 0.3) is 22.5 Å². The SMILES string of the molecule is CC(C)Nc1cc(-n2ncc3cc(C#N)cnc32)ncc1-n1cc(C(C)(C)O)nn1. The highest BCUT2D eigenvalue weighted by Gasteiger charge is 2.21. The molecule has 0 aliphatic heterocycles. The van der Waals surface area contributed by atoms with E-state index in [-0.39, 0.29) is 6.04 Å². The van der Waals surface area contributed by atoms with Crippen molar-refractivity contribution in [1.82, 2.24) is 34.7 Å². The number of anilines is 1. The summed E-state index contributed by atoms with van der Waals surface area (Å²) in [7, 11) is 0. The minimum Gasteiger partial charge on any atom is -0.384 e. The third-order valence-electron chi connectivity index (χ3n) is 4.43. The highest BCUT2D eigenvalue weighted by molar-refractivity contribution is 5.77.